The third-order valence-corrected chi connectivity index (χ3v) is 2.65. The monoisotopic (exact) mass is 242 g/mol. The Morgan fingerprint density at radius 3 is 2.46 bits per heavy atom. The summed E-state index contributed by atoms with van der Waals surface area (Å²) in [6.45, 7) is 2.00. The summed E-state index contributed by atoms with van der Waals surface area (Å²) in [7, 11) is 0. The van der Waals surface area contributed by atoms with Crippen LogP contribution in [0.25, 0.3) is 0 Å². The maximum absolute atomic E-state index is 10.4. The predicted octanol–water partition coefficient (Wildman–Crippen LogP) is 2.91. The molecule has 1 rings (SSSR count). The lowest BCUT2D eigenvalue weighted by Gasteiger charge is -2.06. The fraction of sp³-hybridized carbons (Fsp3) is 0.300. The number of halogens is 1. The van der Waals surface area contributed by atoms with Gasteiger partial charge in [0.15, 0.2) is 0 Å². The maximum Gasteiger partial charge on any atom is 0.304 e. The largest absolute Gasteiger partial charge is 0.481 e. The third-order valence-electron chi connectivity index (χ3n) is 1.79. The van der Waals surface area contributed by atoms with Gasteiger partial charge in [-0.05, 0) is 12.5 Å². The molecule has 70 valence electrons. The van der Waals surface area contributed by atoms with Crippen molar-refractivity contribution in [1.29, 1.82) is 0 Å². The molecular weight excluding hydrogens is 232 g/mol. The number of carbonyl (C=O) groups is 1. The molecule has 0 saturated heterocycles. The zero-order valence-electron chi connectivity index (χ0n) is 7.33. The molecular formula is C10H11BrO2. The number of rotatable bonds is 3. The number of carboxylic acid groups (broad SMARTS) is 1. The standard InChI is InChI=1S/C10H11BrO2/c1-7-2-4-8(5-3-7)9(11)6-10(12)13/h2-5,9H,6H2,1H3,(H,12,13). The van der Waals surface area contributed by atoms with Crippen molar-refractivity contribution >= 4 is 21.9 Å². The van der Waals surface area contributed by atoms with Crippen molar-refractivity contribution in [3.05, 3.63) is 35.4 Å². The van der Waals surface area contributed by atoms with Crippen LogP contribution in [0.1, 0.15) is 22.4 Å². The molecule has 0 bridgehead atoms. The highest BCUT2D eigenvalue weighted by molar-refractivity contribution is 9.09. The second-order valence-electron chi connectivity index (χ2n) is 2.98. The second-order valence-corrected chi connectivity index (χ2v) is 4.08. The summed E-state index contributed by atoms with van der Waals surface area (Å²) in [4.78, 5) is 10.3. The smallest absolute Gasteiger partial charge is 0.304 e. The molecule has 0 spiro atoms. The van der Waals surface area contributed by atoms with Gasteiger partial charge in [0.2, 0.25) is 0 Å². The molecule has 1 aromatic carbocycles. The van der Waals surface area contributed by atoms with Crippen molar-refractivity contribution in [2.75, 3.05) is 0 Å². The van der Waals surface area contributed by atoms with Crippen LogP contribution in [0.5, 0.6) is 0 Å². The predicted molar refractivity (Wildman–Crippen MR) is 55.1 cm³/mol. The Bertz CT molecular complexity index is 292. The molecule has 3 heteroatoms. The summed E-state index contributed by atoms with van der Waals surface area (Å²) in [5.74, 6) is -0.789. The van der Waals surface area contributed by atoms with Crippen LogP contribution in [0.2, 0.25) is 0 Å². The Morgan fingerprint density at radius 2 is 2.00 bits per heavy atom. The van der Waals surface area contributed by atoms with Gasteiger partial charge >= 0.3 is 5.97 Å². The normalized spacial score (nSPS) is 12.5. The van der Waals surface area contributed by atoms with Crippen molar-refractivity contribution in [2.45, 2.75) is 18.2 Å². The highest BCUT2D eigenvalue weighted by atomic mass is 79.9. The Morgan fingerprint density at radius 1 is 1.46 bits per heavy atom. The van der Waals surface area contributed by atoms with Crippen LogP contribution < -0.4 is 0 Å². The molecule has 0 heterocycles. The fourth-order valence-corrected chi connectivity index (χ4v) is 1.63. The Balaban J connectivity index is 2.71. The molecule has 0 fully saturated rings. The Hall–Kier alpha value is -0.830. The average molecular weight is 243 g/mol. The first-order chi connectivity index (χ1) is 6.09. The number of benzene rings is 1. The molecule has 1 N–H and O–H groups in total. The molecule has 2 nitrogen and oxygen atoms in total. The number of hydrogen-bond acceptors (Lipinski definition) is 1. The van der Waals surface area contributed by atoms with E-state index in [1.54, 1.807) is 0 Å². The van der Waals surface area contributed by atoms with Crippen LogP contribution in [0.4, 0.5) is 0 Å². The van der Waals surface area contributed by atoms with E-state index in [0.717, 1.165) is 5.56 Å². The van der Waals surface area contributed by atoms with E-state index in [1.807, 2.05) is 31.2 Å². The molecule has 1 unspecified atom stereocenters. The van der Waals surface area contributed by atoms with Gasteiger partial charge < -0.3 is 5.11 Å². The van der Waals surface area contributed by atoms with Gasteiger partial charge in [-0.2, -0.15) is 0 Å². The molecule has 13 heavy (non-hydrogen) atoms. The average Bonchev–Trinajstić information content (AvgIpc) is 2.04. The summed E-state index contributed by atoms with van der Waals surface area (Å²) >= 11 is 3.33. The van der Waals surface area contributed by atoms with Crippen molar-refractivity contribution in [3.63, 3.8) is 0 Å². The van der Waals surface area contributed by atoms with E-state index in [4.69, 9.17) is 5.11 Å². The van der Waals surface area contributed by atoms with Gasteiger partial charge in [0.05, 0.1) is 6.42 Å². The minimum absolute atomic E-state index is 0.0920. The summed E-state index contributed by atoms with van der Waals surface area (Å²) in [6.07, 6.45) is 0.114. The van der Waals surface area contributed by atoms with Gasteiger partial charge in [-0.3, -0.25) is 4.79 Å². The zero-order valence-corrected chi connectivity index (χ0v) is 8.91. The molecule has 0 aliphatic heterocycles. The maximum atomic E-state index is 10.4. The minimum Gasteiger partial charge on any atom is -0.481 e. The van der Waals surface area contributed by atoms with Crippen molar-refractivity contribution in [1.82, 2.24) is 0 Å². The Kier molecular flexibility index (Phi) is 3.48. The lowest BCUT2D eigenvalue weighted by Crippen LogP contribution is -2.00. The molecule has 0 aliphatic carbocycles. The van der Waals surface area contributed by atoms with E-state index in [9.17, 15) is 4.79 Å². The first kappa shape index (κ1) is 10.3. The molecule has 1 atom stereocenters. The van der Waals surface area contributed by atoms with Crippen molar-refractivity contribution in [3.8, 4) is 0 Å². The van der Waals surface area contributed by atoms with Crippen LogP contribution in [0, 0.1) is 6.92 Å². The second kappa shape index (κ2) is 4.42. The number of aliphatic carboxylic acids is 1. The molecule has 0 aromatic heterocycles. The quantitative estimate of drug-likeness (QED) is 0.828. The molecule has 0 amide bonds. The van der Waals surface area contributed by atoms with Crippen molar-refractivity contribution in [2.24, 2.45) is 0 Å². The van der Waals surface area contributed by atoms with Crippen LogP contribution in [0.15, 0.2) is 24.3 Å². The lowest BCUT2D eigenvalue weighted by atomic mass is 10.1. The van der Waals surface area contributed by atoms with Gasteiger partial charge in [0, 0.05) is 4.83 Å². The summed E-state index contributed by atoms with van der Waals surface area (Å²) in [5.41, 5.74) is 2.19. The minimum atomic E-state index is -0.789. The molecule has 0 radical (unpaired) electrons. The van der Waals surface area contributed by atoms with Gasteiger partial charge in [-0.1, -0.05) is 45.8 Å². The summed E-state index contributed by atoms with van der Waals surface area (Å²) in [6, 6.07) is 7.84. The van der Waals surface area contributed by atoms with E-state index in [2.05, 4.69) is 15.9 Å². The van der Waals surface area contributed by atoms with E-state index < -0.39 is 5.97 Å². The van der Waals surface area contributed by atoms with Crippen molar-refractivity contribution < 1.29 is 9.90 Å². The Labute approximate surface area is 85.7 Å². The lowest BCUT2D eigenvalue weighted by molar-refractivity contribution is -0.136. The van der Waals surface area contributed by atoms with Gasteiger partial charge in [-0.15, -0.1) is 0 Å². The molecule has 0 saturated carbocycles. The van der Waals surface area contributed by atoms with Crippen LogP contribution in [0.3, 0.4) is 0 Å². The number of alkyl halides is 1. The zero-order chi connectivity index (χ0) is 9.84. The van der Waals surface area contributed by atoms with Crippen LogP contribution >= 0.6 is 15.9 Å². The van der Waals surface area contributed by atoms with Gasteiger partial charge in [-0.25, -0.2) is 0 Å². The van der Waals surface area contributed by atoms with Gasteiger partial charge in [0.25, 0.3) is 0 Å². The highest BCUT2D eigenvalue weighted by Gasteiger charge is 2.10. The highest BCUT2D eigenvalue weighted by Crippen LogP contribution is 2.26. The van der Waals surface area contributed by atoms with E-state index in [-0.39, 0.29) is 11.2 Å². The molecule has 1 aromatic rings. The SMILES string of the molecule is Cc1ccc(C(Br)CC(=O)O)cc1. The van der Waals surface area contributed by atoms with E-state index in [1.165, 1.54) is 5.56 Å². The fourth-order valence-electron chi connectivity index (χ4n) is 1.05. The summed E-state index contributed by atoms with van der Waals surface area (Å²) in [5, 5.41) is 8.57. The van der Waals surface area contributed by atoms with Gasteiger partial charge in [0.1, 0.15) is 0 Å². The number of aryl methyl sites for hydroxylation is 1. The van der Waals surface area contributed by atoms with E-state index in [0.29, 0.717) is 0 Å². The van der Waals surface area contributed by atoms with E-state index >= 15 is 0 Å². The van der Waals surface area contributed by atoms with Crippen LogP contribution in [-0.4, -0.2) is 11.1 Å². The first-order valence-corrected chi connectivity index (χ1v) is 4.93. The topological polar surface area (TPSA) is 37.3 Å². The van der Waals surface area contributed by atoms with Crippen LogP contribution in [-0.2, 0) is 4.79 Å². The third kappa shape index (κ3) is 3.19. The first-order valence-electron chi connectivity index (χ1n) is 4.02. The molecule has 0 aliphatic rings. The number of carboxylic acids is 1. The number of hydrogen-bond donors (Lipinski definition) is 1. The summed E-state index contributed by atoms with van der Waals surface area (Å²) < 4.78 is 0.